The third-order valence-corrected chi connectivity index (χ3v) is 5.78. The standard InChI is InChI=1S/C21H18FN3O2S/c1-12-7-8-14(11-16(12)22)23-20(27)15-9-10-17-18(15)24-21(28-17)25-19(26)13-5-3-2-4-6-13/h2-8,11,15H,9-10H2,1H3,(H,23,27)(H,24,25,26). The van der Waals surface area contributed by atoms with E-state index in [4.69, 9.17) is 0 Å². The molecule has 0 spiro atoms. The molecule has 1 aliphatic carbocycles. The van der Waals surface area contributed by atoms with Crippen molar-refractivity contribution in [1.82, 2.24) is 4.98 Å². The molecule has 5 nitrogen and oxygen atoms in total. The summed E-state index contributed by atoms with van der Waals surface area (Å²) in [4.78, 5) is 30.5. The summed E-state index contributed by atoms with van der Waals surface area (Å²) >= 11 is 1.39. The van der Waals surface area contributed by atoms with Crippen molar-refractivity contribution in [1.29, 1.82) is 0 Å². The van der Waals surface area contributed by atoms with Crippen LogP contribution >= 0.6 is 11.3 Å². The molecule has 0 saturated heterocycles. The third kappa shape index (κ3) is 3.66. The minimum absolute atomic E-state index is 0.215. The Labute approximate surface area is 165 Å². The highest BCUT2D eigenvalue weighted by atomic mass is 32.1. The van der Waals surface area contributed by atoms with Gasteiger partial charge in [-0.15, -0.1) is 11.3 Å². The summed E-state index contributed by atoms with van der Waals surface area (Å²) in [5, 5.41) is 6.05. The van der Waals surface area contributed by atoms with E-state index in [1.165, 1.54) is 17.4 Å². The van der Waals surface area contributed by atoms with Gasteiger partial charge in [-0.2, -0.15) is 0 Å². The first-order chi connectivity index (χ1) is 13.5. The Morgan fingerprint density at radius 3 is 2.68 bits per heavy atom. The van der Waals surface area contributed by atoms with E-state index in [0.717, 1.165) is 11.3 Å². The number of hydrogen-bond acceptors (Lipinski definition) is 4. The van der Waals surface area contributed by atoms with Gasteiger partial charge in [0.05, 0.1) is 11.6 Å². The molecular formula is C21H18FN3O2S. The summed E-state index contributed by atoms with van der Waals surface area (Å²) in [6, 6.07) is 13.5. The summed E-state index contributed by atoms with van der Waals surface area (Å²) in [6.07, 6.45) is 1.38. The molecule has 28 heavy (non-hydrogen) atoms. The van der Waals surface area contributed by atoms with Gasteiger partial charge in [-0.1, -0.05) is 24.3 Å². The van der Waals surface area contributed by atoms with Gasteiger partial charge in [0.1, 0.15) is 5.82 Å². The fraction of sp³-hybridized carbons (Fsp3) is 0.190. The van der Waals surface area contributed by atoms with Crippen LogP contribution in [0.4, 0.5) is 15.2 Å². The molecule has 1 aliphatic rings. The van der Waals surface area contributed by atoms with Gasteiger partial charge in [0, 0.05) is 16.1 Å². The molecule has 1 heterocycles. The average Bonchev–Trinajstić information content (AvgIpc) is 3.25. The molecule has 142 valence electrons. The number of anilines is 2. The van der Waals surface area contributed by atoms with Crippen LogP contribution in [-0.4, -0.2) is 16.8 Å². The number of hydrogen-bond donors (Lipinski definition) is 2. The predicted molar refractivity (Wildman–Crippen MR) is 107 cm³/mol. The molecule has 0 radical (unpaired) electrons. The minimum atomic E-state index is -0.405. The summed E-state index contributed by atoms with van der Waals surface area (Å²) in [5.74, 6) is -1.21. The molecule has 0 bridgehead atoms. The molecule has 1 aromatic heterocycles. The van der Waals surface area contributed by atoms with E-state index < -0.39 is 5.92 Å². The Morgan fingerprint density at radius 2 is 1.93 bits per heavy atom. The lowest BCUT2D eigenvalue weighted by Crippen LogP contribution is -2.20. The number of nitrogens with zero attached hydrogens (tertiary/aromatic N) is 1. The Hall–Kier alpha value is -3.06. The number of rotatable bonds is 4. The number of carbonyl (C=O) groups excluding carboxylic acids is 2. The molecular weight excluding hydrogens is 377 g/mol. The highest BCUT2D eigenvalue weighted by Gasteiger charge is 2.33. The van der Waals surface area contributed by atoms with Gasteiger partial charge in [0.2, 0.25) is 5.91 Å². The molecule has 2 aromatic carbocycles. The van der Waals surface area contributed by atoms with Crippen LogP contribution in [0, 0.1) is 12.7 Å². The topological polar surface area (TPSA) is 71.1 Å². The predicted octanol–water partition coefficient (Wildman–Crippen LogP) is 4.51. The number of amides is 2. The molecule has 4 rings (SSSR count). The maximum Gasteiger partial charge on any atom is 0.257 e. The molecule has 1 atom stereocenters. The largest absolute Gasteiger partial charge is 0.325 e. The van der Waals surface area contributed by atoms with E-state index in [1.807, 2.05) is 6.07 Å². The van der Waals surface area contributed by atoms with Crippen LogP contribution in [0.25, 0.3) is 0 Å². The number of carbonyl (C=O) groups is 2. The third-order valence-electron chi connectivity index (χ3n) is 4.73. The highest BCUT2D eigenvalue weighted by molar-refractivity contribution is 7.16. The molecule has 2 N–H and O–H groups in total. The molecule has 0 aliphatic heterocycles. The first kappa shape index (κ1) is 18.3. The zero-order valence-corrected chi connectivity index (χ0v) is 16.0. The van der Waals surface area contributed by atoms with E-state index in [9.17, 15) is 14.0 Å². The van der Waals surface area contributed by atoms with Crippen LogP contribution < -0.4 is 10.6 Å². The van der Waals surface area contributed by atoms with Crippen LogP contribution in [0.15, 0.2) is 48.5 Å². The van der Waals surface area contributed by atoms with Crippen LogP contribution in [0.2, 0.25) is 0 Å². The molecule has 0 saturated carbocycles. The first-order valence-corrected chi connectivity index (χ1v) is 9.76. The van der Waals surface area contributed by atoms with Crippen LogP contribution in [0.3, 0.4) is 0 Å². The van der Waals surface area contributed by atoms with Gasteiger partial charge >= 0.3 is 0 Å². The molecule has 0 fully saturated rings. The quantitative estimate of drug-likeness (QED) is 0.683. The van der Waals surface area contributed by atoms with E-state index in [-0.39, 0.29) is 17.6 Å². The van der Waals surface area contributed by atoms with Gasteiger partial charge in [0.15, 0.2) is 5.13 Å². The summed E-state index contributed by atoms with van der Waals surface area (Å²) in [5.41, 5.74) is 2.20. The number of nitrogens with one attached hydrogen (secondary N) is 2. The SMILES string of the molecule is Cc1ccc(NC(=O)C2CCc3sc(NC(=O)c4ccccc4)nc32)cc1F. The number of thiazole rings is 1. The highest BCUT2D eigenvalue weighted by Crippen LogP contribution is 2.39. The lowest BCUT2D eigenvalue weighted by atomic mass is 10.1. The second-order valence-electron chi connectivity index (χ2n) is 6.69. The maximum atomic E-state index is 13.7. The van der Waals surface area contributed by atoms with E-state index in [1.54, 1.807) is 43.3 Å². The summed E-state index contributed by atoms with van der Waals surface area (Å²) in [7, 11) is 0. The van der Waals surface area contributed by atoms with Crippen LogP contribution in [-0.2, 0) is 11.2 Å². The van der Waals surface area contributed by atoms with Gasteiger partial charge in [-0.05, 0) is 49.6 Å². The summed E-state index contributed by atoms with van der Waals surface area (Å²) in [6.45, 7) is 1.67. The second-order valence-corrected chi connectivity index (χ2v) is 7.78. The zero-order chi connectivity index (χ0) is 19.7. The Balaban J connectivity index is 1.47. The maximum absolute atomic E-state index is 13.7. The molecule has 3 aromatic rings. The molecule has 2 amide bonds. The Kier molecular flexibility index (Phi) is 4.92. The van der Waals surface area contributed by atoms with Crippen molar-refractivity contribution in [2.75, 3.05) is 10.6 Å². The van der Waals surface area contributed by atoms with Gasteiger partial charge < -0.3 is 5.32 Å². The monoisotopic (exact) mass is 395 g/mol. The zero-order valence-electron chi connectivity index (χ0n) is 15.2. The van der Waals surface area contributed by atoms with E-state index in [2.05, 4.69) is 15.6 Å². The van der Waals surface area contributed by atoms with Crippen molar-refractivity contribution in [3.63, 3.8) is 0 Å². The average molecular weight is 395 g/mol. The van der Waals surface area contributed by atoms with Crippen molar-refractivity contribution >= 4 is 34.0 Å². The van der Waals surface area contributed by atoms with Crippen molar-refractivity contribution in [3.05, 3.63) is 76.0 Å². The van der Waals surface area contributed by atoms with Crippen LogP contribution in [0.1, 0.15) is 38.8 Å². The van der Waals surface area contributed by atoms with Crippen molar-refractivity contribution < 1.29 is 14.0 Å². The normalized spacial score (nSPS) is 15.1. The lowest BCUT2D eigenvalue weighted by molar-refractivity contribution is -0.117. The van der Waals surface area contributed by atoms with Gasteiger partial charge in [-0.3, -0.25) is 14.9 Å². The number of aromatic nitrogens is 1. The number of halogens is 1. The van der Waals surface area contributed by atoms with E-state index in [0.29, 0.717) is 34.1 Å². The number of fused-ring (bicyclic) bond motifs is 1. The fourth-order valence-electron chi connectivity index (χ4n) is 3.19. The minimum Gasteiger partial charge on any atom is -0.325 e. The smallest absolute Gasteiger partial charge is 0.257 e. The first-order valence-electron chi connectivity index (χ1n) is 8.94. The van der Waals surface area contributed by atoms with E-state index >= 15 is 0 Å². The number of aryl methyl sites for hydroxylation is 2. The van der Waals surface area contributed by atoms with Gasteiger partial charge in [0.25, 0.3) is 5.91 Å². The van der Waals surface area contributed by atoms with Crippen LogP contribution in [0.5, 0.6) is 0 Å². The van der Waals surface area contributed by atoms with Crippen molar-refractivity contribution in [2.24, 2.45) is 0 Å². The Morgan fingerprint density at radius 1 is 1.14 bits per heavy atom. The second kappa shape index (κ2) is 7.52. The molecule has 1 unspecified atom stereocenters. The van der Waals surface area contributed by atoms with Crippen molar-refractivity contribution in [3.8, 4) is 0 Å². The molecule has 7 heteroatoms. The lowest BCUT2D eigenvalue weighted by Gasteiger charge is -2.11. The fourth-order valence-corrected chi connectivity index (χ4v) is 4.23. The van der Waals surface area contributed by atoms with Gasteiger partial charge in [-0.25, -0.2) is 9.37 Å². The Bertz CT molecular complexity index is 1050. The summed E-state index contributed by atoms with van der Waals surface area (Å²) < 4.78 is 13.7. The number of benzene rings is 2. The van der Waals surface area contributed by atoms with Crippen molar-refractivity contribution in [2.45, 2.75) is 25.7 Å².